The van der Waals surface area contributed by atoms with Crippen molar-refractivity contribution < 1.29 is 14.3 Å². The predicted molar refractivity (Wildman–Crippen MR) is 68.2 cm³/mol. The maximum absolute atomic E-state index is 12.9. The number of pyridine rings is 1. The molecule has 0 aliphatic carbocycles. The second-order valence-corrected chi connectivity index (χ2v) is 3.92. The Balaban J connectivity index is 2.38. The Labute approximate surface area is 113 Å². The maximum Gasteiger partial charge on any atom is 0.192 e. The summed E-state index contributed by atoms with van der Waals surface area (Å²) in [5.74, 6) is -0.191. The third-order valence-electron chi connectivity index (χ3n) is 2.23. The van der Waals surface area contributed by atoms with Gasteiger partial charge in [0, 0.05) is 6.20 Å². The minimum Gasteiger partial charge on any atom is -0.453 e. The van der Waals surface area contributed by atoms with Crippen LogP contribution in [0.2, 0.25) is 5.02 Å². The molecule has 19 heavy (non-hydrogen) atoms. The first-order valence-corrected chi connectivity index (χ1v) is 5.55. The zero-order valence-corrected chi connectivity index (χ0v) is 10.3. The smallest absolute Gasteiger partial charge is 0.192 e. The average molecular weight is 282 g/mol. The highest BCUT2D eigenvalue weighted by molar-refractivity contribution is 6.32. The van der Waals surface area contributed by atoms with Gasteiger partial charge in [0.05, 0.1) is 5.02 Å². The van der Waals surface area contributed by atoms with E-state index in [-0.39, 0.29) is 28.1 Å². The Morgan fingerprint density at radius 3 is 2.84 bits per heavy atom. The van der Waals surface area contributed by atoms with Gasteiger partial charge in [-0.05, 0) is 30.3 Å². The van der Waals surface area contributed by atoms with E-state index in [2.05, 4.69) is 10.1 Å². The average Bonchev–Trinajstić information content (AvgIpc) is 2.41. The van der Waals surface area contributed by atoms with Crippen molar-refractivity contribution in [3.63, 3.8) is 0 Å². The molecule has 0 atom stereocenters. The van der Waals surface area contributed by atoms with E-state index in [9.17, 15) is 4.39 Å². The van der Waals surface area contributed by atoms with Crippen molar-refractivity contribution in [3.8, 4) is 11.5 Å². The molecule has 3 N–H and O–H groups in total. The van der Waals surface area contributed by atoms with E-state index in [1.54, 1.807) is 12.1 Å². The fourth-order valence-electron chi connectivity index (χ4n) is 1.39. The Morgan fingerprint density at radius 2 is 2.16 bits per heavy atom. The van der Waals surface area contributed by atoms with Gasteiger partial charge in [-0.25, -0.2) is 9.37 Å². The van der Waals surface area contributed by atoms with Gasteiger partial charge in [0.1, 0.15) is 11.6 Å². The second kappa shape index (κ2) is 5.53. The van der Waals surface area contributed by atoms with Gasteiger partial charge in [0.25, 0.3) is 0 Å². The van der Waals surface area contributed by atoms with Crippen molar-refractivity contribution in [2.24, 2.45) is 10.9 Å². The van der Waals surface area contributed by atoms with Crippen LogP contribution >= 0.6 is 11.6 Å². The number of halogens is 2. The number of oxime groups is 1. The highest BCUT2D eigenvalue weighted by Gasteiger charge is 2.12. The first kappa shape index (κ1) is 13.1. The van der Waals surface area contributed by atoms with Crippen molar-refractivity contribution in [2.75, 3.05) is 0 Å². The number of hydrogen-bond acceptors (Lipinski definition) is 4. The fourth-order valence-corrected chi connectivity index (χ4v) is 1.59. The molecular formula is C12H9ClFN3O2. The zero-order valence-electron chi connectivity index (χ0n) is 9.55. The Hall–Kier alpha value is -2.34. The first-order chi connectivity index (χ1) is 9.11. The molecule has 1 aromatic carbocycles. The van der Waals surface area contributed by atoms with Crippen molar-refractivity contribution in [2.45, 2.75) is 0 Å². The number of nitrogens with zero attached hydrogens (tertiary/aromatic N) is 2. The van der Waals surface area contributed by atoms with Gasteiger partial charge >= 0.3 is 0 Å². The summed E-state index contributed by atoms with van der Waals surface area (Å²) in [7, 11) is 0. The summed E-state index contributed by atoms with van der Waals surface area (Å²) in [6.45, 7) is 0. The summed E-state index contributed by atoms with van der Waals surface area (Å²) in [5.41, 5.74) is 5.63. The van der Waals surface area contributed by atoms with Crippen LogP contribution in [-0.4, -0.2) is 16.0 Å². The highest BCUT2D eigenvalue weighted by atomic mass is 35.5. The number of hydrogen-bond donors (Lipinski definition) is 2. The lowest BCUT2D eigenvalue weighted by Gasteiger charge is -2.10. The molecule has 0 spiro atoms. The first-order valence-electron chi connectivity index (χ1n) is 5.17. The zero-order chi connectivity index (χ0) is 13.8. The van der Waals surface area contributed by atoms with Gasteiger partial charge in [0.15, 0.2) is 17.3 Å². The van der Waals surface area contributed by atoms with Crippen molar-refractivity contribution in [1.29, 1.82) is 0 Å². The molecule has 0 unspecified atom stereocenters. The monoisotopic (exact) mass is 281 g/mol. The number of amidine groups is 1. The maximum atomic E-state index is 12.9. The lowest BCUT2D eigenvalue weighted by atomic mass is 10.3. The summed E-state index contributed by atoms with van der Waals surface area (Å²) < 4.78 is 18.4. The number of rotatable bonds is 3. The summed E-state index contributed by atoms with van der Waals surface area (Å²) in [4.78, 5) is 3.93. The third kappa shape index (κ3) is 2.92. The molecule has 0 fully saturated rings. The highest BCUT2D eigenvalue weighted by Crippen LogP contribution is 2.30. The molecule has 0 radical (unpaired) electrons. The van der Waals surface area contributed by atoms with Gasteiger partial charge in [-0.3, -0.25) is 0 Å². The second-order valence-electron chi connectivity index (χ2n) is 3.51. The lowest BCUT2D eigenvalue weighted by molar-refractivity contribution is 0.318. The molecular weight excluding hydrogens is 273 g/mol. The normalized spacial score (nSPS) is 11.4. The molecule has 5 nitrogen and oxygen atoms in total. The molecule has 2 rings (SSSR count). The van der Waals surface area contributed by atoms with Crippen LogP contribution in [0.25, 0.3) is 0 Å². The largest absolute Gasteiger partial charge is 0.453 e. The summed E-state index contributed by atoms with van der Waals surface area (Å²) in [6.07, 6.45) is 1.46. The SMILES string of the molecule is N/C(=N/O)c1ncccc1Oc1ccc(F)cc1Cl. The van der Waals surface area contributed by atoms with Crippen LogP contribution in [-0.2, 0) is 0 Å². The summed E-state index contributed by atoms with van der Waals surface area (Å²) in [5, 5.41) is 11.6. The Morgan fingerprint density at radius 1 is 1.37 bits per heavy atom. The van der Waals surface area contributed by atoms with Crippen molar-refractivity contribution in [3.05, 3.63) is 53.1 Å². The van der Waals surface area contributed by atoms with Crippen LogP contribution in [0.4, 0.5) is 4.39 Å². The molecule has 7 heteroatoms. The van der Waals surface area contributed by atoms with Gasteiger partial charge in [-0.1, -0.05) is 16.8 Å². The molecule has 0 aliphatic heterocycles. The predicted octanol–water partition coefficient (Wildman–Crippen LogP) is 2.76. The molecule has 2 aromatic rings. The molecule has 0 saturated carbocycles. The van der Waals surface area contributed by atoms with Gasteiger partial charge < -0.3 is 15.7 Å². The Kier molecular flexibility index (Phi) is 3.82. The topological polar surface area (TPSA) is 80.7 Å². The summed E-state index contributed by atoms with van der Waals surface area (Å²) in [6, 6.07) is 6.89. The van der Waals surface area contributed by atoms with Crippen LogP contribution in [0.5, 0.6) is 11.5 Å². The minimum absolute atomic E-state index is 0.106. The molecule has 0 amide bonds. The minimum atomic E-state index is -0.472. The molecule has 1 heterocycles. The fraction of sp³-hybridized carbons (Fsp3) is 0. The van der Waals surface area contributed by atoms with Crippen LogP contribution < -0.4 is 10.5 Å². The lowest BCUT2D eigenvalue weighted by Crippen LogP contribution is -2.16. The van der Waals surface area contributed by atoms with E-state index < -0.39 is 5.82 Å². The summed E-state index contributed by atoms with van der Waals surface area (Å²) >= 11 is 5.85. The molecule has 1 aromatic heterocycles. The van der Waals surface area contributed by atoms with Gasteiger partial charge in [0.2, 0.25) is 0 Å². The van der Waals surface area contributed by atoms with Crippen molar-refractivity contribution >= 4 is 17.4 Å². The number of ether oxygens (including phenoxy) is 1. The van der Waals surface area contributed by atoms with E-state index in [1.807, 2.05) is 0 Å². The number of benzene rings is 1. The van der Waals surface area contributed by atoms with Gasteiger partial charge in [-0.15, -0.1) is 0 Å². The van der Waals surface area contributed by atoms with E-state index in [4.69, 9.17) is 27.3 Å². The molecule has 98 valence electrons. The van der Waals surface area contributed by atoms with E-state index in [0.717, 1.165) is 6.07 Å². The van der Waals surface area contributed by atoms with E-state index in [1.165, 1.54) is 18.3 Å². The van der Waals surface area contributed by atoms with Crippen LogP contribution in [0.1, 0.15) is 5.69 Å². The van der Waals surface area contributed by atoms with Crippen LogP contribution in [0.15, 0.2) is 41.7 Å². The van der Waals surface area contributed by atoms with E-state index in [0.29, 0.717) is 0 Å². The van der Waals surface area contributed by atoms with Crippen LogP contribution in [0.3, 0.4) is 0 Å². The molecule has 0 bridgehead atoms. The van der Waals surface area contributed by atoms with Crippen LogP contribution in [0, 0.1) is 5.82 Å². The number of aromatic nitrogens is 1. The van der Waals surface area contributed by atoms with Gasteiger partial charge in [-0.2, -0.15) is 0 Å². The quantitative estimate of drug-likeness (QED) is 0.392. The Bertz CT molecular complexity index is 634. The van der Waals surface area contributed by atoms with E-state index >= 15 is 0 Å². The van der Waals surface area contributed by atoms with Crippen molar-refractivity contribution in [1.82, 2.24) is 4.98 Å². The molecule has 0 saturated heterocycles. The standard InChI is InChI=1S/C12H9ClFN3O2/c13-8-6-7(14)3-4-9(8)19-10-2-1-5-16-11(10)12(15)17-18/h1-6,18H,(H2,15,17). The molecule has 0 aliphatic rings. The number of nitrogens with two attached hydrogens (primary N) is 1. The third-order valence-corrected chi connectivity index (χ3v) is 2.53.